The third-order valence-corrected chi connectivity index (χ3v) is 3.16. The SMILES string of the molecule is Cn1cnc2c(-n3cnc4ccccc43)ncnc21. The quantitative estimate of drug-likeness (QED) is 0.516. The zero-order valence-corrected chi connectivity index (χ0v) is 10.2. The average Bonchev–Trinajstić information content (AvgIpc) is 3.03. The lowest BCUT2D eigenvalue weighted by molar-refractivity contribution is 0.925. The summed E-state index contributed by atoms with van der Waals surface area (Å²) in [5.41, 5.74) is 3.52. The molecule has 0 N–H and O–H groups in total. The van der Waals surface area contributed by atoms with Crippen LogP contribution in [0.4, 0.5) is 0 Å². The molecule has 0 aliphatic rings. The third kappa shape index (κ3) is 1.36. The number of benzene rings is 1. The van der Waals surface area contributed by atoms with Gasteiger partial charge < -0.3 is 4.57 Å². The number of hydrogen-bond donors (Lipinski definition) is 0. The third-order valence-electron chi connectivity index (χ3n) is 3.16. The lowest BCUT2D eigenvalue weighted by atomic mass is 10.3. The fraction of sp³-hybridized carbons (Fsp3) is 0.0769. The van der Waals surface area contributed by atoms with Gasteiger partial charge in [0.1, 0.15) is 12.7 Å². The maximum absolute atomic E-state index is 4.38. The molecule has 0 unspecified atom stereocenters. The van der Waals surface area contributed by atoms with Gasteiger partial charge >= 0.3 is 0 Å². The van der Waals surface area contributed by atoms with E-state index < -0.39 is 0 Å². The smallest absolute Gasteiger partial charge is 0.170 e. The van der Waals surface area contributed by atoms with Crippen molar-refractivity contribution in [2.24, 2.45) is 7.05 Å². The number of hydrogen-bond acceptors (Lipinski definition) is 4. The molecule has 0 saturated heterocycles. The Labute approximate surface area is 108 Å². The molecule has 4 aromatic rings. The molecule has 19 heavy (non-hydrogen) atoms. The average molecular weight is 250 g/mol. The molecule has 92 valence electrons. The molecule has 0 aliphatic carbocycles. The maximum atomic E-state index is 4.38. The largest absolute Gasteiger partial charge is 0.318 e. The molecule has 0 bridgehead atoms. The fourth-order valence-electron chi connectivity index (χ4n) is 2.24. The zero-order chi connectivity index (χ0) is 12.8. The molecular weight excluding hydrogens is 240 g/mol. The van der Waals surface area contributed by atoms with Crippen LogP contribution < -0.4 is 0 Å². The second-order valence-electron chi connectivity index (χ2n) is 4.33. The Morgan fingerprint density at radius 1 is 0.947 bits per heavy atom. The van der Waals surface area contributed by atoms with Crippen LogP contribution in [0.5, 0.6) is 0 Å². The van der Waals surface area contributed by atoms with E-state index in [0.717, 1.165) is 28.0 Å². The minimum Gasteiger partial charge on any atom is -0.318 e. The first-order valence-electron chi connectivity index (χ1n) is 5.89. The Balaban J connectivity index is 2.09. The first-order valence-corrected chi connectivity index (χ1v) is 5.89. The number of fused-ring (bicyclic) bond motifs is 2. The summed E-state index contributed by atoms with van der Waals surface area (Å²) in [4.78, 5) is 17.3. The van der Waals surface area contributed by atoms with Gasteiger partial charge in [-0.2, -0.15) is 0 Å². The molecule has 0 aliphatic heterocycles. The molecule has 4 rings (SSSR count). The summed E-state index contributed by atoms with van der Waals surface area (Å²) in [5, 5.41) is 0. The molecule has 6 heteroatoms. The van der Waals surface area contributed by atoms with Crippen LogP contribution in [0.2, 0.25) is 0 Å². The molecule has 0 atom stereocenters. The number of aromatic nitrogens is 6. The second kappa shape index (κ2) is 3.61. The van der Waals surface area contributed by atoms with E-state index in [1.54, 1.807) is 19.0 Å². The number of imidazole rings is 2. The summed E-state index contributed by atoms with van der Waals surface area (Å²) in [6, 6.07) is 7.94. The summed E-state index contributed by atoms with van der Waals surface area (Å²) < 4.78 is 3.81. The molecule has 0 amide bonds. The van der Waals surface area contributed by atoms with Gasteiger partial charge in [-0.15, -0.1) is 0 Å². The molecule has 3 aromatic heterocycles. The Bertz CT molecular complexity index is 888. The number of para-hydroxylation sites is 2. The van der Waals surface area contributed by atoms with Gasteiger partial charge in [-0.05, 0) is 12.1 Å². The van der Waals surface area contributed by atoms with E-state index in [1.165, 1.54) is 0 Å². The molecule has 3 heterocycles. The normalized spacial score (nSPS) is 11.4. The maximum Gasteiger partial charge on any atom is 0.170 e. The minimum absolute atomic E-state index is 0.749. The fourth-order valence-corrected chi connectivity index (χ4v) is 2.24. The highest BCUT2D eigenvalue weighted by molar-refractivity contribution is 5.83. The molecule has 1 aromatic carbocycles. The highest BCUT2D eigenvalue weighted by atomic mass is 15.2. The van der Waals surface area contributed by atoms with Gasteiger partial charge in [0.05, 0.1) is 17.4 Å². The Kier molecular flexibility index (Phi) is 1.94. The van der Waals surface area contributed by atoms with Crippen molar-refractivity contribution in [2.75, 3.05) is 0 Å². The standard InChI is InChI=1S/C13H10N6/c1-18-7-17-11-12(18)14-6-15-13(11)19-8-16-9-4-2-3-5-10(9)19/h2-8H,1H3. The summed E-state index contributed by atoms with van der Waals surface area (Å²) in [5.74, 6) is 0.749. The first kappa shape index (κ1) is 10.2. The van der Waals surface area contributed by atoms with E-state index in [0.29, 0.717) is 0 Å². The van der Waals surface area contributed by atoms with Gasteiger partial charge in [-0.3, -0.25) is 4.57 Å². The number of rotatable bonds is 1. The Morgan fingerprint density at radius 3 is 2.79 bits per heavy atom. The molecular formula is C13H10N6. The van der Waals surface area contributed by atoms with Crippen LogP contribution in [0.3, 0.4) is 0 Å². The predicted octanol–water partition coefficient (Wildman–Crippen LogP) is 1.70. The van der Waals surface area contributed by atoms with Gasteiger partial charge in [0.2, 0.25) is 0 Å². The van der Waals surface area contributed by atoms with Gasteiger partial charge in [0.15, 0.2) is 17.0 Å². The van der Waals surface area contributed by atoms with Crippen LogP contribution in [0.1, 0.15) is 0 Å². The van der Waals surface area contributed by atoms with Crippen molar-refractivity contribution in [3.63, 3.8) is 0 Å². The number of nitrogens with zero attached hydrogens (tertiary/aromatic N) is 6. The van der Waals surface area contributed by atoms with Gasteiger partial charge in [-0.1, -0.05) is 12.1 Å². The summed E-state index contributed by atoms with van der Waals surface area (Å²) in [7, 11) is 1.91. The highest BCUT2D eigenvalue weighted by Gasteiger charge is 2.12. The van der Waals surface area contributed by atoms with E-state index in [2.05, 4.69) is 19.9 Å². The van der Waals surface area contributed by atoms with Crippen LogP contribution in [0, 0.1) is 0 Å². The van der Waals surface area contributed by atoms with Crippen molar-refractivity contribution < 1.29 is 0 Å². The van der Waals surface area contributed by atoms with Crippen LogP contribution in [0.15, 0.2) is 43.2 Å². The summed E-state index contributed by atoms with van der Waals surface area (Å²) >= 11 is 0. The van der Waals surface area contributed by atoms with E-state index in [9.17, 15) is 0 Å². The van der Waals surface area contributed by atoms with Crippen LogP contribution in [-0.4, -0.2) is 29.1 Å². The van der Waals surface area contributed by atoms with Crippen molar-refractivity contribution in [3.8, 4) is 5.82 Å². The summed E-state index contributed by atoms with van der Waals surface area (Å²) in [6.07, 6.45) is 5.05. The van der Waals surface area contributed by atoms with E-state index >= 15 is 0 Å². The topological polar surface area (TPSA) is 61.4 Å². The van der Waals surface area contributed by atoms with Crippen LogP contribution in [-0.2, 0) is 7.05 Å². The minimum atomic E-state index is 0.749. The number of aryl methyl sites for hydroxylation is 1. The lowest BCUT2D eigenvalue weighted by Gasteiger charge is -2.03. The van der Waals surface area contributed by atoms with E-state index in [4.69, 9.17) is 0 Å². The Hall–Kier alpha value is -2.76. The van der Waals surface area contributed by atoms with Crippen LogP contribution >= 0.6 is 0 Å². The second-order valence-corrected chi connectivity index (χ2v) is 4.33. The van der Waals surface area contributed by atoms with Gasteiger partial charge in [-0.25, -0.2) is 19.9 Å². The molecule has 0 radical (unpaired) electrons. The zero-order valence-electron chi connectivity index (χ0n) is 10.2. The van der Waals surface area contributed by atoms with E-state index in [1.807, 2.05) is 40.4 Å². The van der Waals surface area contributed by atoms with Gasteiger partial charge in [0.25, 0.3) is 0 Å². The molecule has 0 saturated carbocycles. The van der Waals surface area contributed by atoms with E-state index in [-0.39, 0.29) is 0 Å². The van der Waals surface area contributed by atoms with Crippen molar-refractivity contribution in [1.29, 1.82) is 0 Å². The summed E-state index contributed by atoms with van der Waals surface area (Å²) in [6.45, 7) is 0. The Morgan fingerprint density at radius 2 is 1.84 bits per heavy atom. The van der Waals surface area contributed by atoms with Crippen molar-refractivity contribution in [1.82, 2.24) is 29.1 Å². The lowest BCUT2D eigenvalue weighted by Crippen LogP contribution is -1.99. The molecule has 0 spiro atoms. The van der Waals surface area contributed by atoms with Gasteiger partial charge in [0, 0.05) is 7.05 Å². The van der Waals surface area contributed by atoms with Crippen LogP contribution in [0.25, 0.3) is 28.0 Å². The van der Waals surface area contributed by atoms with Crippen molar-refractivity contribution in [3.05, 3.63) is 43.2 Å². The van der Waals surface area contributed by atoms with Crippen molar-refractivity contribution >= 4 is 22.2 Å². The predicted molar refractivity (Wildman–Crippen MR) is 70.9 cm³/mol. The highest BCUT2D eigenvalue weighted by Crippen LogP contribution is 2.21. The first-order chi connectivity index (χ1) is 9.34. The van der Waals surface area contributed by atoms with Crippen molar-refractivity contribution in [2.45, 2.75) is 0 Å². The molecule has 0 fully saturated rings. The monoisotopic (exact) mass is 250 g/mol. The molecule has 6 nitrogen and oxygen atoms in total.